The fourth-order valence-corrected chi connectivity index (χ4v) is 1.96. The molecule has 0 radical (unpaired) electrons. The van der Waals surface area contributed by atoms with Gasteiger partial charge in [0.15, 0.2) is 11.5 Å². The fraction of sp³-hybridized carbons (Fsp3) is 0.231. The monoisotopic (exact) mass is 215 g/mol. The molecule has 3 rings (SSSR count). The summed E-state index contributed by atoms with van der Waals surface area (Å²) in [5.74, 6) is 1.63. The highest BCUT2D eigenvalue weighted by atomic mass is 16.6. The molecule has 3 nitrogen and oxygen atoms in total. The van der Waals surface area contributed by atoms with Gasteiger partial charge in [-0.1, -0.05) is 30.3 Å². The summed E-state index contributed by atoms with van der Waals surface area (Å²) in [5.41, 5.74) is 5.60. The molecule has 0 spiro atoms. The lowest BCUT2D eigenvalue weighted by Gasteiger charge is -2.26. The van der Waals surface area contributed by atoms with Crippen LogP contribution in [-0.4, -0.2) is 19.3 Å². The molecule has 1 aliphatic rings. The second-order valence-electron chi connectivity index (χ2n) is 3.90. The van der Waals surface area contributed by atoms with Gasteiger partial charge in [-0.25, -0.2) is 0 Å². The van der Waals surface area contributed by atoms with Gasteiger partial charge in [0.1, 0.15) is 12.7 Å². The third-order valence-corrected chi connectivity index (χ3v) is 2.82. The molecule has 2 aromatic rings. The van der Waals surface area contributed by atoms with E-state index < -0.39 is 0 Å². The molecule has 0 bridgehead atoms. The first-order valence-corrected chi connectivity index (χ1v) is 5.40. The van der Waals surface area contributed by atoms with Crippen LogP contribution < -0.4 is 15.2 Å². The summed E-state index contributed by atoms with van der Waals surface area (Å²) in [6.45, 7) is 1.00. The van der Waals surface area contributed by atoms with Crippen molar-refractivity contribution >= 4 is 10.8 Å². The molecule has 0 aliphatic carbocycles. The number of hydrogen-bond acceptors (Lipinski definition) is 3. The van der Waals surface area contributed by atoms with E-state index >= 15 is 0 Å². The lowest BCUT2D eigenvalue weighted by Crippen LogP contribution is -2.35. The summed E-state index contributed by atoms with van der Waals surface area (Å²) in [7, 11) is 0. The minimum absolute atomic E-state index is 0.0432. The molecule has 1 aliphatic heterocycles. The Hall–Kier alpha value is -1.74. The minimum Gasteiger partial charge on any atom is -0.486 e. The van der Waals surface area contributed by atoms with Crippen LogP contribution in [0, 0.1) is 0 Å². The van der Waals surface area contributed by atoms with Gasteiger partial charge in [0, 0.05) is 11.9 Å². The van der Waals surface area contributed by atoms with E-state index in [1.165, 1.54) is 0 Å². The van der Waals surface area contributed by atoms with Crippen molar-refractivity contribution in [2.45, 2.75) is 6.10 Å². The smallest absolute Gasteiger partial charge is 0.169 e. The van der Waals surface area contributed by atoms with Gasteiger partial charge in [0.25, 0.3) is 0 Å². The van der Waals surface area contributed by atoms with Crippen LogP contribution in [0.3, 0.4) is 0 Å². The van der Waals surface area contributed by atoms with Crippen LogP contribution in [-0.2, 0) is 0 Å². The van der Waals surface area contributed by atoms with Gasteiger partial charge in [0.2, 0.25) is 0 Å². The molecule has 0 fully saturated rings. The Labute approximate surface area is 93.8 Å². The first kappa shape index (κ1) is 9.48. The van der Waals surface area contributed by atoms with E-state index in [0.29, 0.717) is 13.2 Å². The van der Waals surface area contributed by atoms with Crippen molar-refractivity contribution in [3.8, 4) is 11.5 Å². The lowest BCUT2D eigenvalue weighted by atomic mass is 10.1. The van der Waals surface area contributed by atoms with Gasteiger partial charge >= 0.3 is 0 Å². The molecule has 1 heterocycles. The van der Waals surface area contributed by atoms with Gasteiger partial charge in [0.05, 0.1) is 0 Å². The Bertz CT molecular complexity index is 524. The Kier molecular flexibility index (Phi) is 2.18. The van der Waals surface area contributed by atoms with Crippen molar-refractivity contribution in [1.82, 2.24) is 0 Å². The van der Waals surface area contributed by atoms with Crippen LogP contribution in [0.4, 0.5) is 0 Å². The van der Waals surface area contributed by atoms with Crippen molar-refractivity contribution in [3.63, 3.8) is 0 Å². The zero-order valence-electron chi connectivity index (χ0n) is 8.85. The second-order valence-corrected chi connectivity index (χ2v) is 3.90. The van der Waals surface area contributed by atoms with Crippen LogP contribution in [0.25, 0.3) is 10.8 Å². The maximum Gasteiger partial charge on any atom is 0.169 e. The van der Waals surface area contributed by atoms with Crippen LogP contribution in [0.1, 0.15) is 0 Å². The summed E-state index contributed by atoms with van der Waals surface area (Å²) in [6.07, 6.45) is -0.0432. The summed E-state index contributed by atoms with van der Waals surface area (Å²) in [5, 5.41) is 2.24. The van der Waals surface area contributed by atoms with E-state index in [0.717, 1.165) is 22.3 Å². The fourth-order valence-electron chi connectivity index (χ4n) is 1.96. The molecular formula is C13H13NO2. The molecule has 0 saturated carbocycles. The molecule has 0 saturated heterocycles. The molecule has 2 N–H and O–H groups in total. The Morgan fingerprint density at radius 1 is 1.19 bits per heavy atom. The average molecular weight is 215 g/mol. The number of fused-ring (bicyclic) bond motifs is 3. The molecule has 82 valence electrons. The normalized spacial score (nSPS) is 18.7. The van der Waals surface area contributed by atoms with Crippen LogP contribution in [0.5, 0.6) is 11.5 Å². The molecule has 0 unspecified atom stereocenters. The molecule has 0 amide bonds. The highest BCUT2D eigenvalue weighted by Gasteiger charge is 2.21. The highest BCUT2D eigenvalue weighted by molar-refractivity contribution is 5.90. The summed E-state index contributed by atoms with van der Waals surface area (Å²) in [4.78, 5) is 0. The van der Waals surface area contributed by atoms with Crippen LogP contribution in [0.2, 0.25) is 0 Å². The average Bonchev–Trinajstić information content (AvgIpc) is 2.38. The van der Waals surface area contributed by atoms with Gasteiger partial charge in [-0.15, -0.1) is 0 Å². The van der Waals surface area contributed by atoms with E-state index in [9.17, 15) is 0 Å². The van der Waals surface area contributed by atoms with Gasteiger partial charge < -0.3 is 15.2 Å². The van der Waals surface area contributed by atoms with Gasteiger partial charge in [-0.05, 0) is 11.5 Å². The van der Waals surface area contributed by atoms with E-state index in [4.69, 9.17) is 15.2 Å². The van der Waals surface area contributed by atoms with Crippen molar-refractivity contribution < 1.29 is 9.47 Å². The highest BCUT2D eigenvalue weighted by Crippen LogP contribution is 2.38. The van der Waals surface area contributed by atoms with Crippen LogP contribution in [0.15, 0.2) is 36.4 Å². The topological polar surface area (TPSA) is 44.5 Å². The SMILES string of the molecule is NC[C@H]1COc2ccc3ccccc3c2O1. The molecular weight excluding hydrogens is 202 g/mol. The predicted molar refractivity (Wildman–Crippen MR) is 62.9 cm³/mol. The summed E-state index contributed by atoms with van der Waals surface area (Å²) >= 11 is 0. The minimum atomic E-state index is -0.0432. The zero-order chi connectivity index (χ0) is 11.0. The quantitative estimate of drug-likeness (QED) is 0.790. The maximum atomic E-state index is 5.84. The number of rotatable bonds is 1. The molecule has 2 aromatic carbocycles. The van der Waals surface area contributed by atoms with Crippen LogP contribution >= 0.6 is 0 Å². The van der Waals surface area contributed by atoms with Crippen molar-refractivity contribution in [1.29, 1.82) is 0 Å². The number of ether oxygens (including phenoxy) is 2. The number of benzene rings is 2. The number of hydrogen-bond donors (Lipinski definition) is 1. The maximum absolute atomic E-state index is 5.84. The Morgan fingerprint density at radius 2 is 2.06 bits per heavy atom. The first-order chi connectivity index (χ1) is 7.88. The van der Waals surface area contributed by atoms with E-state index in [-0.39, 0.29) is 6.10 Å². The predicted octanol–water partition coefficient (Wildman–Crippen LogP) is 1.94. The van der Waals surface area contributed by atoms with E-state index in [1.54, 1.807) is 0 Å². The van der Waals surface area contributed by atoms with Gasteiger partial charge in [-0.3, -0.25) is 0 Å². The van der Waals surface area contributed by atoms with E-state index in [2.05, 4.69) is 6.07 Å². The second kappa shape index (κ2) is 3.68. The Balaban J connectivity index is 2.17. The summed E-state index contributed by atoms with van der Waals surface area (Å²) in [6, 6.07) is 12.1. The Morgan fingerprint density at radius 3 is 2.94 bits per heavy atom. The van der Waals surface area contributed by atoms with Gasteiger partial charge in [-0.2, -0.15) is 0 Å². The third-order valence-electron chi connectivity index (χ3n) is 2.82. The standard InChI is InChI=1S/C13H13NO2/c14-7-10-8-15-12-6-5-9-3-1-2-4-11(9)13(12)16-10/h1-6,10H,7-8,14H2/t10-/m0/s1. The zero-order valence-corrected chi connectivity index (χ0v) is 8.85. The third kappa shape index (κ3) is 1.41. The molecule has 1 atom stereocenters. The lowest BCUT2D eigenvalue weighted by molar-refractivity contribution is 0.0990. The first-order valence-electron chi connectivity index (χ1n) is 5.40. The molecule has 3 heteroatoms. The largest absolute Gasteiger partial charge is 0.486 e. The molecule has 0 aromatic heterocycles. The van der Waals surface area contributed by atoms with Crippen molar-refractivity contribution in [3.05, 3.63) is 36.4 Å². The summed E-state index contributed by atoms with van der Waals surface area (Å²) < 4.78 is 11.5. The van der Waals surface area contributed by atoms with Crippen molar-refractivity contribution in [2.75, 3.05) is 13.2 Å². The molecule has 16 heavy (non-hydrogen) atoms. The van der Waals surface area contributed by atoms with Crippen molar-refractivity contribution in [2.24, 2.45) is 5.73 Å². The van der Waals surface area contributed by atoms with E-state index in [1.807, 2.05) is 30.3 Å². The number of nitrogens with two attached hydrogens (primary N) is 1.